The summed E-state index contributed by atoms with van der Waals surface area (Å²) in [5.41, 5.74) is 8.23. The van der Waals surface area contributed by atoms with Gasteiger partial charge < -0.3 is 10.6 Å². The van der Waals surface area contributed by atoms with E-state index in [4.69, 9.17) is 5.73 Å². The molecular formula is C12H10N4O. The van der Waals surface area contributed by atoms with Gasteiger partial charge in [-0.3, -0.25) is 14.8 Å². The van der Waals surface area contributed by atoms with Crippen LogP contribution in [0.2, 0.25) is 0 Å². The normalized spacial score (nSPS) is 16.8. The summed E-state index contributed by atoms with van der Waals surface area (Å²) in [5.74, 6) is -0.520. The molecule has 2 heterocycles. The van der Waals surface area contributed by atoms with Crippen LogP contribution in [0.15, 0.2) is 46.1 Å². The summed E-state index contributed by atoms with van der Waals surface area (Å²) in [4.78, 5) is 21.5. The van der Waals surface area contributed by atoms with Gasteiger partial charge in [0.1, 0.15) is 12.4 Å². The van der Waals surface area contributed by atoms with Crippen molar-refractivity contribution in [2.75, 3.05) is 11.6 Å². The third-order valence-corrected chi connectivity index (χ3v) is 2.78. The molecule has 0 unspecified atom stereocenters. The number of carbonyl (C=O) groups excluding carboxylic acids is 1. The summed E-state index contributed by atoms with van der Waals surface area (Å²) in [6.07, 6.45) is 3.38. The van der Waals surface area contributed by atoms with Crippen LogP contribution in [-0.2, 0) is 4.79 Å². The molecule has 84 valence electrons. The smallest absolute Gasteiger partial charge is 0.269 e. The van der Waals surface area contributed by atoms with E-state index in [-0.39, 0.29) is 0 Å². The third kappa shape index (κ3) is 1.44. The fraction of sp³-hybridized carbons (Fsp3) is 0.0833. The molecule has 0 atom stereocenters. The van der Waals surface area contributed by atoms with Crippen LogP contribution in [0.25, 0.3) is 0 Å². The van der Waals surface area contributed by atoms with Gasteiger partial charge in [-0.1, -0.05) is 18.2 Å². The minimum absolute atomic E-state index is 0.291. The van der Waals surface area contributed by atoms with Gasteiger partial charge in [-0.25, -0.2) is 0 Å². The number of anilines is 1. The molecule has 0 spiro atoms. The summed E-state index contributed by atoms with van der Waals surface area (Å²) in [6, 6.07) is 7.83. The van der Waals surface area contributed by atoms with E-state index in [0.717, 1.165) is 11.3 Å². The van der Waals surface area contributed by atoms with Gasteiger partial charge in [-0.2, -0.15) is 0 Å². The summed E-state index contributed by atoms with van der Waals surface area (Å²) in [6.45, 7) is 0.407. The largest absolute Gasteiger partial charge is 0.364 e. The molecule has 0 aliphatic carbocycles. The number of primary amides is 1. The summed E-state index contributed by atoms with van der Waals surface area (Å²) in [7, 11) is 0. The number of hydrogen-bond acceptors (Lipinski definition) is 4. The van der Waals surface area contributed by atoms with E-state index in [2.05, 4.69) is 9.98 Å². The lowest BCUT2D eigenvalue weighted by Crippen LogP contribution is -2.28. The van der Waals surface area contributed by atoms with Crippen molar-refractivity contribution in [3.05, 3.63) is 41.7 Å². The Morgan fingerprint density at radius 2 is 2.18 bits per heavy atom. The molecule has 5 heteroatoms. The maximum atomic E-state index is 11.3. The molecule has 17 heavy (non-hydrogen) atoms. The molecule has 2 aliphatic heterocycles. The number of benzene rings is 1. The number of nitrogens with zero attached hydrogens (tertiary/aromatic N) is 3. The molecule has 0 saturated carbocycles. The minimum Gasteiger partial charge on any atom is -0.364 e. The lowest BCUT2D eigenvalue weighted by molar-refractivity contribution is -0.111. The van der Waals surface area contributed by atoms with Crippen LogP contribution in [0.5, 0.6) is 0 Å². The number of carbonyl (C=O) groups is 1. The first kappa shape index (κ1) is 9.77. The van der Waals surface area contributed by atoms with Gasteiger partial charge in [0.05, 0.1) is 17.6 Å². The van der Waals surface area contributed by atoms with Gasteiger partial charge in [0.15, 0.2) is 0 Å². The number of rotatable bonds is 1. The van der Waals surface area contributed by atoms with E-state index < -0.39 is 5.91 Å². The Balaban J connectivity index is 2.12. The number of nitrogens with two attached hydrogens (primary N) is 1. The van der Waals surface area contributed by atoms with E-state index in [1.54, 1.807) is 12.4 Å². The molecule has 5 nitrogen and oxygen atoms in total. The SMILES string of the molecule is NC(=O)C1=NCN2C1=CN=Cc1ccccc12. The molecule has 0 bridgehead atoms. The molecule has 0 saturated heterocycles. The topological polar surface area (TPSA) is 71.1 Å². The lowest BCUT2D eigenvalue weighted by atomic mass is 10.1. The molecule has 3 rings (SSSR count). The number of fused-ring (bicyclic) bond motifs is 3. The van der Waals surface area contributed by atoms with Gasteiger partial charge in [-0.15, -0.1) is 0 Å². The van der Waals surface area contributed by atoms with E-state index in [0.29, 0.717) is 18.1 Å². The Hall–Kier alpha value is -2.43. The van der Waals surface area contributed by atoms with Crippen LogP contribution in [-0.4, -0.2) is 24.5 Å². The van der Waals surface area contributed by atoms with Gasteiger partial charge in [0.25, 0.3) is 5.91 Å². The second-order valence-electron chi connectivity index (χ2n) is 3.79. The predicted molar refractivity (Wildman–Crippen MR) is 66.1 cm³/mol. The Labute approximate surface area is 98.0 Å². The zero-order chi connectivity index (χ0) is 11.8. The maximum absolute atomic E-state index is 11.3. The first-order valence-electron chi connectivity index (χ1n) is 5.22. The zero-order valence-corrected chi connectivity index (χ0v) is 9.00. The zero-order valence-electron chi connectivity index (χ0n) is 9.00. The van der Waals surface area contributed by atoms with Crippen LogP contribution in [0.3, 0.4) is 0 Å². The molecule has 0 radical (unpaired) electrons. The highest BCUT2D eigenvalue weighted by atomic mass is 16.1. The second kappa shape index (κ2) is 3.55. The predicted octanol–water partition coefficient (Wildman–Crippen LogP) is 0.664. The van der Waals surface area contributed by atoms with E-state index >= 15 is 0 Å². The lowest BCUT2D eigenvalue weighted by Gasteiger charge is -2.19. The highest BCUT2D eigenvalue weighted by molar-refractivity contribution is 6.46. The molecule has 0 aromatic heterocycles. The molecule has 1 amide bonds. The Morgan fingerprint density at radius 3 is 3.00 bits per heavy atom. The van der Waals surface area contributed by atoms with Crippen molar-refractivity contribution in [1.82, 2.24) is 0 Å². The van der Waals surface area contributed by atoms with Crippen molar-refractivity contribution in [3.8, 4) is 0 Å². The van der Waals surface area contributed by atoms with Gasteiger partial charge in [-0.05, 0) is 6.07 Å². The molecule has 1 aromatic rings. The summed E-state index contributed by atoms with van der Waals surface area (Å²) in [5, 5.41) is 0. The number of para-hydroxylation sites is 1. The van der Waals surface area contributed by atoms with Gasteiger partial charge in [0.2, 0.25) is 0 Å². The first-order valence-corrected chi connectivity index (χ1v) is 5.22. The Bertz CT molecular complexity index is 586. The molecular weight excluding hydrogens is 216 g/mol. The monoisotopic (exact) mass is 226 g/mol. The Morgan fingerprint density at radius 1 is 1.35 bits per heavy atom. The highest BCUT2D eigenvalue weighted by Crippen LogP contribution is 2.28. The standard InChI is InChI=1S/C12H10N4O/c13-12(17)11-10-6-14-5-8-3-1-2-4-9(8)16(10)7-15-11/h1-6H,7H2,(H2,13,17). The fourth-order valence-corrected chi connectivity index (χ4v) is 2.00. The first-order chi connectivity index (χ1) is 8.27. The summed E-state index contributed by atoms with van der Waals surface area (Å²) < 4.78 is 0. The van der Waals surface area contributed by atoms with Gasteiger partial charge >= 0.3 is 0 Å². The second-order valence-corrected chi connectivity index (χ2v) is 3.79. The highest BCUT2D eigenvalue weighted by Gasteiger charge is 2.28. The van der Waals surface area contributed by atoms with Gasteiger partial charge in [0, 0.05) is 11.8 Å². The van der Waals surface area contributed by atoms with Crippen molar-refractivity contribution < 1.29 is 4.79 Å². The van der Waals surface area contributed by atoms with Crippen molar-refractivity contribution >= 4 is 23.5 Å². The molecule has 0 fully saturated rings. The van der Waals surface area contributed by atoms with E-state index in [1.807, 2.05) is 29.2 Å². The maximum Gasteiger partial charge on any atom is 0.269 e. The minimum atomic E-state index is -0.520. The van der Waals surface area contributed by atoms with Crippen LogP contribution < -0.4 is 10.6 Å². The van der Waals surface area contributed by atoms with E-state index in [9.17, 15) is 4.79 Å². The van der Waals surface area contributed by atoms with E-state index in [1.165, 1.54) is 0 Å². The quantitative estimate of drug-likeness (QED) is 0.764. The number of hydrogen-bond donors (Lipinski definition) is 1. The molecule has 1 aromatic carbocycles. The average molecular weight is 226 g/mol. The van der Waals surface area contributed by atoms with Crippen molar-refractivity contribution in [2.24, 2.45) is 15.7 Å². The van der Waals surface area contributed by atoms with Crippen LogP contribution >= 0.6 is 0 Å². The molecule has 2 aliphatic rings. The van der Waals surface area contributed by atoms with Crippen LogP contribution in [0.4, 0.5) is 5.69 Å². The fourth-order valence-electron chi connectivity index (χ4n) is 2.00. The van der Waals surface area contributed by atoms with Crippen molar-refractivity contribution in [2.45, 2.75) is 0 Å². The molecule has 2 N–H and O–H groups in total. The van der Waals surface area contributed by atoms with Crippen LogP contribution in [0.1, 0.15) is 5.56 Å². The van der Waals surface area contributed by atoms with Crippen molar-refractivity contribution in [3.63, 3.8) is 0 Å². The number of amides is 1. The number of aliphatic imine (C=N–C) groups is 2. The summed E-state index contributed by atoms with van der Waals surface area (Å²) >= 11 is 0. The van der Waals surface area contributed by atoms with Crippen molar-refractivity contribution in [1.29, 1.82) is 0 Å². The average Bonchev–Trinajstić information content (AvgIpc) is 2.66. The third-order valence-electron chi connectivity index (χ3n) is 2.78. The van der Waals surface area contributed by atoms with Crippen LogP contribution in [0, 0.1) is 0 Å². The Kier molecular flexibility index (Phi) is 2.04.